The third-order valence-electron chi connectivity index (χ3n) is 2.95. The molecule has 0 radical (unpaired) electrons. The van der Waals surface area contributed by atoms with Crippen molar-refractivity contribution in [3.05, 3.63) is 38.0 Å². The summed E-state index contributed by atoms with van der Waals surface area (Å²) in [5, 5.41) is 0. The van der Waals surface area contributed by atoms with Crippen LogP contribution >= 0.6 is 0 Å². The maximum atomic E-state index is 10.6. The van der Waals surface area contributed by atoms with E-state index in [-0.39, 0.29) is 11.9 Å². The van der Waals surface area contributed by atoms with Gasteiger partial charge in [0.2, 0.25) is 0 Å². The minimum absolute atomic E-state index is 0.335. The molecule has 0 aromatic heterocycles. The van der Waals surface area contributed by atoms with E-state index in [0.29, 0.717) is 19.3 Å². The van der Waals surface area contributed by atoms with E-state index < -0.39 is 0 Å². The fraction of sp³-hybridized carbons (Fsp3) is 0.556. The van der Waals surface area contributed by atoms with Crippen LogP contribution in [0.15, 0.2) is 38.0 Å². The fourth-order valence-electron chi connectivity index (χ4n) is 1.56. The lowest BCUT2D eigenvalue weighted by atomic mass is 10.2. The van der Waals surface area contributed by atoms with Crippen molar-refractivity contribution in [1.82, 2.24) is 0 Å². The summed E-state index contributed by atoms with van der Waals surface area (Å²) in [5.41, 5.74) is 0. The van der Waals surface area contributed by atoms with Gasteiger partial charge in [-0.05, 0) is 38.5 Å². The Kier molecular flexibility index (Phi) is 13.8. The van der Waals surface area contributed by atoms with Gasteiger partial charge in [0, 0.05) is 12.2 Å². The molecule has 0 aliphatic carbocycles. The van der Waals surface area contributed by atoms with Crippen molar-refractivity contribution < 1.29 is 23.8 Å². The topological polar surface area (TPSA) is 65.1 Å². The van der Waals surface area contributed by atoms with Crippen LogP contribution in [-0.4, -0.2) is 37.9 Å². The molecule has 0 saturated carbocycles. The average Bonchev–Trinajstić information content (AvgIpc) is 3.38. The van der Waals surface area contributed by atoms with Gasteiger partial charge in [-0.1, -0.05) is 19.2 Å². The molecule has 1 unspecified atom stereocenters. The Hall–Kier alpha value is -1.88. The summed E-state index contributed by atoms with van der Waals surface area (Å²) in [6, 6.07) is 0. The highest BCUT2D eigenvalue weighted by Gasteiger charge is 2.20. The highest BCUT2D eigenvalue weighted by Crippen LogP contribution is 2.16. The van der Waals surface area contributed by atoms with Gasteiger partial charge < -0.3 is 14.2 Å². The minimum atomic E-state index is -0.344. The average molecular weight is 324 g/mol. The van der Waals surface area contributed by atoms with Crippen LogP contribution in [0.1, 0.15) is 38.5 Å². The number of unbranched alkanes of at least 4 members (excludes halogenated alkanes) is 3. The SMILES string of the molecule is C=CC(=O)OCCCCC1CO1.C=CCCCCOC(=O)C=C. The predicted octanol–water partition coefficient (Wildman–Crippen LogP) is 3.36. The smallest absolute Gasteiger partial charge is 0.330 e. The number of rotatable bonds is 12. The third kappa shape index (κ3) is 16.3. The largest absolute Gasteiger partial charge is 0.463 e. The Morgan fingerprint density at radius 3 is 1.91 bits per heavy atom. The van der Waals surface area contributed by atoms with E-state index in [1.165, 1.54) is 12.2 Å². The Labute approximate surface area is 139 Å². The molecule has 130 valence electrons. The maximum absolute atomic E-state index is 10.6. The van der Waals surface area contributed by atoms with Crippen LogP contribution in [0.2, 0.25) is 0 Å². The molecule has 0 N–H and O–H groups in total. The van der Waals surface area contributed by atoms with Crippen molar-refractivity contribution in [2.75, 3.05) is 19.8 Å². The van der Waals surface area contributed by atoms with E-state index >= 15 is 0 Å². The van der Waals surface area contributed by atoms with Crippen LogP contribution in [0, 0.1) is 0 Å². The number of hydrogen-bond donors (Lipinski definition) is 0. The normalized spacial score (nSPS) is 14.7. The van der Waals surface area contributed by atoms with Gasteiger partial charge in [-0.15, -0.1) is 6.58 Å². The molecule has 5 nitrogen and oxygen atoms in total. The third-order valence-corrected chi connectivity index (χ3v) is 2.95. The summed E-state index contributed by atoms with van der Waals surface area (Å²) in [6.45, 7) is 12.1. The number of carbonyl (C=O) groups excluding carboxylic acids is 2. The highest BCUT2D eigenvalue weighted by molar-refractivity contribution is 5.81. The Morgan fingerprint density at radius 2 is 1.48 bits per heavy atom. The molecule has 0 amide bonds. The van der Waals surface area contributed by atoms with Crippen LogP contribution in [0.25, 0.3) is 0 Å². The van der Waals surface area contributed by atoms with Crippen molar-refractivity contribution in [2.45, 2.75) is 44.6 Å². The van der Waals surface area contributed by atoms with Crippen molar-refractivity contribution >= 4 is 11.9 Å². The monoisotopic (exact) mass is 324 g/mol. The van der Waals surface area contributed by atoms with Gasteiger partial charge in [-0.3, -0.25) is 0 Å². The van der Waals surface area contributed by atoms with Gasteiger partial charge in [-0.25, -0.2) is 9.59 Å². The standard InChI is InChI=1S/C9H14O3.C9H14O2/c1-2-9(10)11-6-4-3-5-8-7-12-8;1-3-5-6-7-8-11-9(10)4-2/h2,8H,1,3-7H2;3-4H,1-2,5-8H2. The summed E-state index contributed by atoms with van der Waals surface area (Å²) in [6.07, 6.45) is 10.7. The second-order valence-electron chi connectivity index (χ2n) is 4.98. The fourth-order valence-corrected chi connectivity index (χ4v) is 1.56. The van der Waals surface area contributed by atoms with Gasteiger partial charge in [0.15, 0.2) is 0 Å². The molecule has 1 rings (SSSR count). The van der Waals surface area contributed by atoms with Gasteiger partial charge in [0.25, 0.3) is 0 Å². The summed E-state index contributed by atoms with van der Waals surface area (Å²) in [5.74, 6) is -0.679. The summed E-state index contributed by atoms with van der Waals surface area (Å²) >= 11 is 0. The van der Waals surface area contributed by atoms with Crippen molar-refractivity contribution in [2.24, 2.45) is 0 Å². The first-order valence-electron chi connectivity index (χ1n) is 7.95. The van der Waals surface area contributed by atoms with Crippen molar-refractivity contribution in [3.63, 3.8) is 0 Å². The molecule has 0 bridgehead atoms. The quantitative estimate of drug-likeness (QED) is 0.181. The van der Waals surface area contributed by atoms with Crippen molar-refractivity contribution in [3.8, 4) is 0 Å². The molecular weight excluding hydrogens is 296 g/mol. The Bertz CT molecular complexity index is 372. The van der Waals surface area contributed by atoms with E-state index in [1.54, 1.807) is 0 Å². The molecule has 0 spiro atoms. The molecule has 1 aliphatic rings. The molecular formula is C18H28O5. The Morgan fingerprint density at radius 1 is 0.957 bits per heavy atom. The van der Waals surface area contributed by atoms with E-state index in [4.69, 9.17) is 14.2 Å². The minimum Gasteiger partial charge on any atom is -0.463 e. The maximum Gasteiger partial charge on any atom is 0.330 e. The number of carbonyl (C=O) groups is 2. The molecule has 23 heavy (non-hydrogen) atoms. The van der Waals surface area contributed by atoms with Gasteiger partial charge in [-0.2, -0.15) is 0 Å². The molecule has 0 aromatic rings. The molecule has 1 heterocycles. The molecule has 5 heteroatoms. The van der Waals surface area contributed by atoms with Gasteiger partial charge in [0.05, 0.1) is 25.9 Å². The number of ether oxygens (including phenoxy) is 3. The molecule has 0 aromatic carbocycles. The van der Waals surface area contributed by atoms with Crippen LogP contribution in [0.3, 0.4) is 0 Å². The molecule has 1 fully saturated rings. The zero-order valence-electron chi connectivity index (χ0n) is 13.8. The number of hydrogen-bond acceptors (Lipinski definition) is 5. The number of esters is 2. The first kappa shape index (κ1) is 21.1. The van der Waals surface area contributed by atoms with Crippen LogP contribution < -0.4 is 0 Å². The van der Waals surface area contributed by atoms with Crippen LogP contribution in [-0.2, 0) is 23.8 Å². The molecule has 1 atom stereocenters. The number of epoxide rings is 1. The van der Waals surface area contributed by atoms with E-state index in [1.807, 2.05) is 6.08 Å². The van der Waals surface area contributed by atoms with Crippen molar-refractivity contribution in [1.29, 1.82) is 0 Å². The molecule has 1 saturated heterocycles. The first-order chi connectivity index (χ1) is 11.1. The van der Waals surface area contributed by atoms with Gasteiger partial charge in [0.1, 0.15) is 0 Å². The summed E-state index contributed by atoms with van der Waals surface area (Å²) in [7, 11) is 0. The van der Waals surface area contributed by atoms with E-state index in [2.05, 4.69) is 19.7 Å². The summed E-state index contributed by atoms with van der Waals surface area (Å²) in [4.78, 5) is 21.0. The Balaban J connectivity index is 0.000000423. The van der Waals surface area contributed by atoms with Gasteiger partial charge >= 0.3 is 11.9 Å². The summed E-state index contributed by atoms with van der Waals surface area (Å²) < 4.78 is 14.6. The second-order valence-corrected chi connectivity index (χ2v) is 4.98. The highest BCUT2D eigenvalue weighted by atomic mass is 16.6. The lowest BCUT2D eigenvalue weighted by molar-refractivity contribution is -0.138. The number of allylic oxidation sites excluding steroid dienone is 1. The predicted molar refractivity (Wildman–Crippen MR) is 90.0 cm³/mol. The lowest BCUT2D eigenvalue weighted by Crippen LogP contribution is -2.01. The first-order valence-corrected chi connectivity index (χ1v) is 7.95. The van der Waals surface area contributed by atoms with E-state index in [9.17, 15) is 9.59 Å². The zero-order chi connectivity index (χ0) is 17.3. The van der Waals surface area contributed by atoms with Crippen LogP contribution in [0.4, 0.5) is 0 Å². The van der Waals surface area contributed by atoms with Crippen LogP contribution in [0.5, 0.6) is 0 Å². The zero-order valence-corrected chi connectivity index (χ0v) is 13.8. The molecule has 1 aliphatic heterocycles. The lowest BCUT2D eigenvalue weighted by Gasteiger charge is -1.99. The van der Waals surface area contributed by atoms with E-state index in [0.717, 1.165) is 45.1 Å². The second kappa shape index (κ2) is 15.0.